The molecule has 1 saturated carbocycles. The number of likely N-dealkylation sites (N-methyl/N-ethyl adjacent to an activating group) is 1. The summed E-state index contributed by atoms with van der Waals surface area (Å²) in [5.41, 5.74) is 1.39. The molecule has 2 atom stereocenters. The minimum atomic E-state index is 0.501. The molecule has 3 heteroatoms. The van der Waals surface area contributed by atoms with Gasteiger partial charge < -0.3 is 15.0 Å². The van der Waals surface area contributed by atoms with Gasteiger partial charge in [0.05, 0.1) is 7.11 Å². The van der Waals surface area contributed by atoms with Gasteiger partial charge in [-0.2, -0.15) is 0 Å². The Morgan fingerprint density at radius 2 is 1.95 bits per heavy atom. The summed E-state index contributed by atoms with van der Waals surface area (Å²) in [7, 11) is 3.94. The maximum Gasteiger partial charge on any atom is 0.118 e. The molecular formula is C18H30N2O. The summed E-state index contributed by atoms with van der Waals surface area (Å²) in [6.45, 7) is 6.70. The van der Waals surface area contributed by atoms with E-state index in [1.165, 1.54) is 24.8 Å². The molecule has 1 aliphatic carbocycles. The third-order valence-corrected chi connectivity index (χ3v) is 4.74. The number of ether oxygens (including phenoxy) is 1. The molecule has 0 spiro atoms. The fourth-order valence-electron chi connectivity index (χ4n) is 2.73. The quantitative estimate of drug-likeness (QED) is 0.753. The van der Waals surface area contributed by atoms with Gasteiger partial charge in [0, 0.05) is 25.2 Å². The maximum atomic E-state index is 5.25. The van der Waals surface area contributed by atoms with E-state index in [0.717, 1.165) is 24.8 Å². The van der Waals surface area contributed by atoms with Crippen molar-refractivity contribution >= 4 is 0 Å². The van der Waals surface area contributed by atoms with E-state index in [4.69, 9.17) is 4.74 Å². The molecule has 1 aromatic carbocycles. The Hall–Kier alpha value is -1.06. The third-order valence-electron chi connectivity index (χ3n) is 4.74. The first-order valence-corrected chi connectivity index (χ1v) is 8.23. The zero-order valence-electron chi connectivity index (χ0n) is 13.9. The minimum absolute atomic E-state index is 0.501. The zero-order valence-corrected chi connectivity index (χ0v) is 13.9. The molecule has 0 radical (unpaired) electrons. The van der Waals surface area contributed by atoms with Crippen LogP contribution in [-0.4, -0.2) is 38.2 Å². The number of benzene rings is 1. The van der Waals surface area contributed by atoms with Crippen molar-refractivity contribution in [3.05, 3.63) is 29.8 Å². The number of methoxy groups -OCH3 is 1. The first kappa shape index (κ1) is 16.3. The van der Waals surface area contributed by atoms with E-state index < -0.39 is 0 Å². The Morgan fingerprint density at radius 3 is 2.48 bits per heavy atom. The Morgan fingerprint density at radius 1 is 1.29 bits per heavy atom. The first-order valence-electron chi connectivity index (χ1n) is 8.23. The van der Waals surface area contributed by atoms with Gasteiger partial charge in [-0.15, -0.1) is 0 Å². The topological polar surface area (TPSA) is 24.5 Å². The molecule has 0 aliphatic heterocycles. The second-order valence-electron chi connectivity index (χ2n) is 6.28. The van der Waals surface area contributed by atoms with Gasteiger partial charge in [0.2, 0.25) is 0 Å². The van der Waals surface area contributed by atoms with Crippen LogP contribution in [0.2, 0.25) is 0 Å². The van der Waals surface area contributed by atoms with Crippen LogP contribution in [0, 0.1) is 5.92 Å². The van der Waals surface area contributed by atoms with E-state index in [1.54, 1.807) is 7.11 Å². The monoisotopic (exact) mass is 290 g/mol. The molecule has 0 saturated heterocycles. The maximum absolute atomic E-state index is 5.25. The molecule has 3 nitrogen and oxygen atoms in total. The van der Waals surface area contributed by atoms with Crippen molar-refractivity contribution in [1.82, 2.24) is 10.2 Å². The molecule has 0 bridgehead atoms. The average Bonchev–Trinajstić information content (AvgIpc) is 3.35. The van der Waals surface area contributed by atoms with Crippen LogP contribution in [0.4, 0.5) is 0 Å². The lowest BCUT2D eigenvalue weighted by Crippen LogP contribution is -2.36. The van der Waals surface area contributed by atoms with Crippen molar-refractivity contribution in [2.45, 2.75) is 45.2 Å². The van der Waals surface area contributed by atoms with Crippen LogP contribution in [0.25, 0.3) is 0 Å². The van der Waals surface area contributed by atoms with Gasteiger partial charge in [0.15, 0.2) is 0 Å². The molecule has 0 amide bonds. The highest BCUT2D eigenvalue weighted by atomic mass is 16.5. The summed E-state index contributed by atoms with van der Waals surface area (Å²) < 4.78 is 5.25. The average molecular weight is 290 g/mol. The van der Waals surface area contributed by atoms with Crippen molar-refractivity contribution in [3.63, 3.8) is 0 Å². The van der Waals surface area contributed by atoms with Crippen LogP contribution >= 0.6 is 0 Å². The molecule has 118 valence electrons. The van der Waals surface area contributed by atoms with E-state index in [-0.39, 0.29) is 0 Å². The molecule has 2 unspecified atom stereocenters. The number of hydrogen-bond donors (Lipinski definition) is 1. The highest BCUT2D eigenvalue weighted by molar-refractivity contribution is 5.30. The Kier molecular flexibility index (Phi) is 6.07. The van der Waals surface area contributed by atoms with Crippen LogP contribution in [0.1, 0.15) is 44.7 Å². The van der Waals surface area contributed by atoms with Crippen molar-refractivity contribution in [3.8, 4) is 5.75 Å². The fraction of sp³-hybridized carbons (Fsp3) is 0.667. The number of nitrogens with one attached hydrogen (secondary N) is 1. The zero-order chi connectivity index (χ0) is 15.2. The van der Waals surface area contributed by atoms with Gasteiger partial charge in [-0.3, -0.25) is 0 Å². The normalized spacial score (nSPS) is 17.8. The lowest BCUT2D eigenvalue weighted by Gasteiger charge is -2.25. The highest BCUT2D eigenvalue weighted by Crippen LogP contribution is 2.41. The minimum Gasteiger partial charge on any atom is -0.497 e. The number of rotatable bonds is 9. The van der Waals surface area contributed by atoms with Gasteiger partial charge in [-0.25, -0.2) is 0 Å². The van der Waals surface area contributed by atoms with Gasteiger partial charge in [-0.05, 0) is 56.8 Å². The highest BCUT2D eigenvalue weighted by Gasteiger charge is 2.31. The molecule has 1 aliphatic rings. The standard InChI is InChI=1S/C18H30N2O/c1-5-14(2)20(3)13-12-19-18(15-6-7-15)16-8-10-17(21-4)11-9-16/h8-11,14-15,18-19H,5-7,12-13H2,1-4H3. The summed E-state index contributed by atoms with van der Waals surface area (Å²) in [5, 5.41) is 3.76. The Bertz CT molecular complexity index is 414. The lowest BCUT2D eigenvalue weighted by atomic mass is 10.0. The van der Waals surface area contributed by atoms with Crippen molar-refractivity contribution in [2.75, 3.05) is 27.2 Å². The van der Waals surface area contributed by atoms with Gasteiger partial charge in [-0.1, -0.05) is 19.1 Å². The molecule has 1 fully saturated rings. The van der Waals surface area contributed by atoms with Crippen molar-refractivity contribution in [1.29, 1.82) is 0 Å². The second-order valence-corrected chi connectivity index (χ2v) is 6.28. The molecule has 0 aromatic heterocycles. The van der Waals surface area contributed by atoms with Gasteiger partial charge in [0.25, 0.3) is 0 Å². The summed E-state index contributed by atoms with van der Waals surface area (Å²) in [6.07, 6.45) is 3.91. The predicted octanol–water partition coefficient (Wildman–Crippen LogP) is 3.47. The summed E-state index contributed by atoms with van der Waals surface area (Å²) in [6, 6.07) is 9.70. The fourth-order valence-corrected chi connectivity index (χ4v) is 2.73. The van der Waals surface area contributed by atoms with Crippen LogP contribution in [0.5, 0.6) is 5.75 Å². The van der Waals surface area contributed by atoms with E-state index in [1.807, 2.05) is 0 Å². The second kappa shape index (κ2) is 7.81. The van der Waals surface area contributed by atoms with E-state index in [0.29, 0.717) is 12.1 Å². The van der Waals surface area contributed by atoms with Crippen LogP contribution < -0.4 is 10.1 Å². The van der Waals surface area contributed by atoms with Crippen LogP contribution in [-0.2, 0) is 0 Å². The molecule has 1 aromatic rings. The van der Waals surface area contributed by atoms with Crippen molar-refractivity contribution < 1.29 is 4.74 Å². The molecule has 1 N–H and O–H groups in total. The number of nitrogens with zero attached hydrogens (tertiary/aromatic N) is 1. The van der Waals surface area contributed by atoms with Crippen LogP contribution in [0.3, 0.4) is 0 Å². The van der Waals surface area contributed by atoms with Crippen LogP contribution in [0.15, 0.2) is 24.3 Å². The lowest BCUT2D eigenvalue weighted by molar-refractivity contribution is 0.246. The van der Waals surface area contributed by atoms with Crippen molar-refractivity contribution in [2.24, 2.45) is 5.92 Å². The molecular weight excluding hydrogens is 260 g/mol. The molecule has 2 rings (SSSR count). The largest absolute Gasteiger partial charge is 0.497 e. The smallest absolute Gasteiger partial charge is 0.118 e. The Labute approximate surface area is 129 Å². The third kappa shape index (κ3) is 4.72. The summed E-state index contributed by atoms with van der Waals surface area (Å²) >= 11 is 0. The van der Waals surface area contributed by atoms with E-state index in [9.17, 15) is 0 Å². The Balaban J connectivity index is 1.87. The van der Waals surface area contributed by atoms with E-state index in [2.05, 4.69) is 55.4 Å². The van der Waals surface area contributed by atoms with Gasteiger partial charge >= 0.3 is 0 Å². The summed E-state index contributed by atoms with van der Waals surface area (Å²) in [5.74, 6) is 1.75. The molecule has 21 heavy (non-hydrogen) atoms. The van der Waals surface area contributed by atoms with Gasteiger partial charge in [0.1, 0.15) is 5.75 Å². The van der Waals surface area contributed by atoms with E-state index >= 15 is 0 Å². The summed E-state index contributed by atoms with van der Waals surface area (Å²) in [4.78, 5) is 2.44. The SMILES string of the molecule is CCC(C)N(C)CCNC(c1ccc(OC)cc1)C1CC1. The first-order chi connectivity index (χ1) is 10.2. The molecule has 0 heterocycles. The number of hydrogen-bond acceptors (Lipinski definition) is 3. The predicted molar refractivity (Wildman–Crippen MR) is 88.8 cm³/mol.